The normalized spacial score (nSPS) is 19.4. The molecule has 1 heterocycles. The number of nitrogens with zero attached hydrogens (tertiary/aromatic N) is 2. The molecule has 1 saturated carbocycles. The first-order valence-electron chi connectivity index (χ1n) is 6.44. The van der Waals surface area contributed by atoms with E-state index in [0.717, 1.165) is 11.6 Å². The number of H-pyrrole nitrogens is 1. The lowest BCUT2D eigenvalue weighted by Crippen LogP contribution is -2.20. The molecule has 1 aliphatic rings. The van der Waals surface area contributed by atoms with Gasteiger partial charge < -0.3 is 4.74 Å². The van der Waals surface area contributed by atoms with Gasteiger partial charge in [0.1, 0.15) is 11.9 Å². The van der Waals surface area contributed by atoms with Gasteiger partial charge in [0.15, 0.2) is 5.82 Å². The van der Waals surface area contributed by atoms with Crippen molar-refractivity contribution < 1.29 is 4.74 Å². The van der Waals surface area contributed by atoms with Crippen LogP contribution in [0.4, 0.5) is 0 Å². The molecule has 1 aromatic rings. The van der Waals surface area contributed by atoms with E-state index in [4.69, 9.17) is 16.3 Å². The molecule has 1 fully saturated rings. The largest absolute Gasteiger partial charge is 0.370 e. The Hall–Kier alpha value is -0.610. The maximum absolute atomic E-state index is 5.84. The monoisotopic (exact) mass is 257 g/mol. The van der Waals surface area contributed by atoms with Crippen LogP contribution < -0.4 is 0 Å². The van der Waals surface area contributed by atoms with Gasteiger partial charge in [-0.25, -0.2) is 4.98 Å². The second-order valence-corrected chi connectivity index (χ2v) is 4.82. The predicted molar refractivity (Wildman–Crippen MR) is 66.9 cm³/mol. The van der Waals surface area contributed by atoms with E-state index in [1.807, 2.05) is 6.92 Å². The predicted octanol–water partition coefficient (Wildman–Crippen LogP) is 3.20. The summed E-state index contributed by atoms with van der Waals surface area (Å²) < 4.78 is 5.84. The van der Waals surface area contributed by atoms with Gasteiger partial charge in [0.25, 0.3) is 0 Å². The third kappa shape index (κ3) is 3.19. The summed E-state index contributed by atoms with van der Waals surface area (Å²) in [4.78, 5) is 4.40. The molecular formula is C12H20ClN3O. The van der Waals surface area contributed by atoms with Crippen LogP contribution in [0.15, 0.2) is 0 Å². The summed E-state index contributed by atoms with van der Waals surface area (Å²) in [5, 5.41) is 7.10. The highest BCUT2D eigenvalue weighted by Gasteiger charge is 2.28. The zero-order chi connectivity index (χ0) is 12.1. The average molecular weight is 258 g/mol. The minimum absolute atomic E-state index is 0.0357. The smallest absolute Gasteiger partial charge is 0.179 e. The summed E-state index contributed by atoms with van der Waals surface area (Å²) in [5.41, 5.74) is 0. The maximum atomic E-state index is 5.84. The van der Waals surface area contributed by atoms with Gasteiger partial charge in [-0.2, -0.15) is 5.10 Å². The number of alkyl halides is 1. The number of aromatic nitrogens is 3. The van der Waals surface area contributed by atoms with Crippen molar-refractivity contribution in [2.24, 2.45) is 5.92 Å². The van der Waals surface area contributed by atoms with Gasteiger partial charge in [0.05, 0.1) is 5.88 Å². The SMILES string of the molecule is CCOC(c1n[nH]c(CCl)n1)C1CCCCC1. The number of hydrogen-bond acceptors (Lipinski definition) is 3. The standard InChI is InChI=1S/C12H20ClN3O/c1-2-17-11(9-6-4-3-5-7-9)12-14-10(8-13)15-16-12/h9,11H,2-8H2,1H3,(H,14,15,16). The third-order valence-electron chi connectivity index (χ3n) is 3.35. The van der Waals surface area contributed by atoms with E-state index in [-0.39, 0.29) is 6.10 Å². The van der Waals surface area contributed by atoms with Gasteiger partial charge in [-0.3, -0.25) is 5.10 Å². The molecule has 1 atom stereocenters. The number of rotatable bonds is 5. The van der Waals surface area contributed by atoms with Gasteiger partial charge >= 0.3 is 0 Å². The van der Waals surface area contributed by atoms with E-state index in [0.29, 0.717) is 18.4 Å². The second kappa shape index (κ2) is 6.36. The summed E-state index contributed by atoms with van der Waals surface area (Å²) in [6.45, 7) is 2.72. The Morgan fingerprint density at radius 1 is 1.41 bits per heavy atom. The molecule has 0 bridgehead atoms. The first-order valence-corrected chi connectivity index (χ1v) is 6.97. The summed E-state index contributed by atoms with van der Waals surface area (Å²) in [6, 6.07) is 0. The van der Waals surface area contributed by atoms with Crippen molar-refractivity contribution in [2.45, 2.75) is 51.0 Å². The molecule has 1 aliphatic carbocycles. The lowest BCUT2D eigenvalue weighted by molar-refractivity contribution is 0.0000209. The molecule has 0 amide bonds. The Bertz CT molecular complexity index is 336. The Kier molecular flexibility index (Phi) is 4.80. The Balaban J connectivity index is 2.09. The van der Waals surface area contributed by atoms with Crippen molar-refractivity contribution in [1.29, 1.82) is 0 Å². The first kappa shape index (κ1) is 12.8. The molecule has 96 valence electrons. The van der Waals surface area contributed by atoms with E-state index < -0.39 is 0 Å². The van der Waals surface area contributed by atoms with Gasteiger partial charge in [-0.15, -0.1) is 11.6 Å². The molecule has 0 spiro atoms. The van der Waals surface area contributed by atoms with Crippen LogP contribution in [0.5, 0.6) is 0 Å². The average Bonchev–Trinajstić information content (AvgIpc) is 2.85. The van der Waals surface area contributed by atoms with Crippen LogP contribution in [-0.2, 0) is 10.6 Å². The summed E-state index contributed by atoms with van der Waals surface area (Å²) >= 11 is 5.73. The van der Waals surface area contributed by atoms with E-state index in [9.17, 15) is 0 Å². The lowest BCUT2D eigenvalue weighted by atomic mass is 9.85. The van der Waals surface area contributed by atoms with Crippen LogP contribution in [-0.4, -0.2) is 21.8 Å². The van der Waals surface area contributed by atoms with E-state index >= 15 is 0 Å². The summed E-state index contributed by atoms with van der Waals surface area (Å²) in [7, 11) is 0. The molecule has 2 rings (SSSR count). The highest BCUT2D eigenvalue weighted by molar-refractivity contribution is 6.16. The van der Waals surface area contributed by atoms with Crippen molar-refractivity contribution in [3.63, 3.8) is 0 Å². The fourth-order valence-corrected chi connectivity index (χ4v) is 2.65. The lowest BCUT2D eigenvalue weighted by Gasteiger charge is -2.28. The van der Waals surface area contributed by atoms with Gasteiger partial charge in [0.2, 0.25) is 0 Å². The fraction of sp³-hybridized carbons (Fsp3) is 0.833. The van der Waals surface area contributed by atoms with Crippen molar-refractivity contribution in [3.05, 3.63) is 11.6 Å². The van der Waals surface area contributed by atoms with Crippen molar-refractivity contribution in [1.82, 2.24) is 15.2 Å². The number of aromatic amines is 1. The van der Waals surface area contributed by atoms with Gasteiger partial charge in [-0.1, -0.05) is 19.3 Å². The Morgan fingerprint density at radius 3 is 2.76 bits per heavy atom. The zero-order valence-corrected chi connectivity index (χ0v) is 11.0. The van der Waals surface area contributed by atoms with E-state index in [1.54, 1.807) is 0 Å². The molecule has 17 heavy (non-hydrogen) atoms. The minimum atomic E-state index is 0.0357. The number of ether oxygens (including phenoxy) is 1. The van der Waals surface area contributed by atoms with Crippen molar-refractivity contribution >= 4 is 11.6 Å². The number of hydrogen-bond donors (Lipinski definition) is 1. The maximum Gasteiger partial charge on any atom is 0.179 e. The summed E-state index contributed by atoms with van der Waals surface area (Å²) in [6.07, 6.45) is 6.40. The highest BCUT2D eigenvalue weighted by atomic mass is 35.5. The molecule has 1 N–H and O–H groups in total. The van der Waals surface area contributed by atoms with Crippen LogP contribution in [0.3, 0.4) is 0 Å². The molecule has 0 aliphatic heterocycles. The number of halogens is 1. The van der Waals surface area contributed by atoms with Crippen molar-refractivity contribution in [3.8, 4) is 0 Å². The summed E-state index contributed by atoms with van der Waals surface area (Å²) in [5.74, 6) is 2.43. The fourth-order valence-electron chi connectivity index (χ4n) is 2.53. The molecule has 5 heteroatoms. The van der Waals surface area contributed by atoms with E-state index in [2.05, 4.69) is 15.2 Å². The van der Waals surface area contributed by atoms with Crippen LogP contribution in [0.1, 0.15) is 56.8 Å². The molecule has 0 radical (unpaired) electrons. The molecule has 0 saturated heterocycles. The van der Waals surface area contributed by atoms with Gasteiger partial charge in [0, 0.05) is 6.61 Å². The topological polar surface area (TPSA) is 50.8 Å². The van der Waals surface area contributed by atoms with Crippen LogP contribution in [0, 0.1) is 5.92 Å². The molecule has 1 aromatic heterocycles. The molecular weight excluding hydrogens is 238 g/mol. The Morgan fingerprint density at radius 2 is 2.18 bits per heavy atom. The molecule has 0 aromatic carbocycles. The van der Waals surface area contributed by atoms with Gasteiger partial charge in [-0.05, 0) is 25.7 Å². The van der Waals surface area contributed by atoms with Crippen LogP contribution in [0.2, 0.25) is 0 Å². The zero-order valence-electron chi connectivity index (χ0n) is 10.3. The van der Waals surface area contributed by atoms with Crippen molar-refractivity contribution in [2.75, 3.05) is 6.61 Å². The van der Waals surface area contributed by atoms with Crippen LogP contribution >= 0.6 is 11.6 Å². The highest BCUT2D eigenvalue weighted by Crippen LogP contribution is 2.35. The molecule has 4 nitrogen and oxygen atoms in total. The number of nitrogens with one attached hydrogen (secondary N) is 1. The Labute approximate surface area is 107 Å². The second-order valence-electron chi connectivity index (χ2n) is 4.55. The quantitative estimate of drug-likeness (QED) is 0.824. The molecule has 1 unspecified atom stereocenters. The van der Waals surface area contributed by atoms with E-state index in [1.165, 1.54) is 32.1 Å². The minimum Gasteiger partial charge on any atom is -0.370 e. The first-order chi connectivity index (χ1) is 8.35. The van der Waals surface area contributed by atoms with Crippen LogP contribution in [0.25, 0.3) is 0 Å². The third-order valence-corrected chi connectivity index (χ3v) is 3.61.